The first-order valence-corrected chi connectivity index (χ1v) is 12.9. The molecule has 3 heterocycles. The standard InChI is InChI=1S/C28H36N4O3/c1-21(33)31-15-10-24(11-16-31)29-25-7-8-27-26(19-25)28(34)32(17-18-35-27)13-4-12-30-14-9-22-5-2-3-6-23(22)20-30/h2-3,5-8,19,24,29H,4,9-18,20H2,1H3. The zero-order valence-corrected chi connectivity index (χ0v) is 20.7. The molecule has 3 aliphatic heterocycles. The van der Waals surface area contributed by atoms with E-state index in [4.69, 9.17) is 4.74 Å². The number of likely N-dealkylation sites (tertiary alicyclic amines) is 1. The van der Waals surface area contributed by atoms with Crippen molar-refractivity contribution in [3.05, 3.63) is 59.2 Å². The van der Waals surface area contributed by atoms with Crippen molar-refractivity contribution >= 4 is 17.5 Å². The summed E-state index contributed by atoms with van der Waals surface area (Å²) in [5.41, 5.74) is 4.48. The summed E-state index contributed by atoms with van der Waals surface area (Å²) in [5.74, 6) is 0.861. The minimum Gasteiger partial charge on any atom is -0.491 e. The molecule has 0 spiro atoms. The van der Waals surface area contributed by atoms with Gasteiger partial charge in [0.1, 0.15) is 12.4 Å². The van der Waals surface area contributed by atoms with Gasteiger partial charge in [0.2, 0.25) is 5.91 Å². The number of nitrogens with zero attached hydrogens (tertiary/aromatic N) is 3. The highest BCUT2D eigenvalue weighted by molar-refractivity contribution is 5.98. The minimum atomic E-state index is 0.0524. The molecule has 5 rings (SSSR count). The van der Waals surface area contributed by atoms with E-state index in [2.05, 4.69) is 34.5 Å². The van der Waals surface area contributed by atoms with E-state index in [1.807, 2.05) is 28.0 Å². The number of hydrogen-bond donors (Lipinski definition) is 1. The summed E-state index contributed by atoms with van der Waals surface area (Å²) in [5, 5.41) is 3.57. The van der Waals surface area contributed by atoms with Crippen LogP contribution in [-0.2, 0) is 17.8 Å². The Morgan fingerprint density at radius 3 is 2.63 bits per heavy atom. The lowest BCUT2D eigenvalue weighted by molar-refractivity contribution is -0.129. The second-order valence-electron chi connectivity index (χ2n) is 9.92. The number of anilines is 1. The van der Waals surface area contributed by atoms with E-state index in [1.54, 1.807) is 6.92 Å². The predicted molar refractivity (Wildman–Crippen MR) is 137 cm³/mol. The summed E-state index contributed by atoms with van der Waals surface area (Å²) >= 11 is 0. The van der Waals surface area contributed by atoms with Crippen LogP contribution in [-0.4, -0.2) is 78.4 Å². The van der Waals surface area contributed by atoms with Gasteiger partial charge in [-0.15, -0.1) is 0 Å². The van der Waals surface area contributed by atoms with E-state index in [0.29, 0.717) is 30.5 Å². The Kier molecular flexibility index (Phi) is 7.23. The van der Waals surface area contributed by atoms with E-state index < -0.39 is 0 Å². The molecule has 0 bridgehead atoms. The quantitative estimate of drug-likeness (QED) is 0.693. The molecule has 0 aliphatic carbocycles. The van der Waals surface area contributed by atoms with Gasteiger partial charge >= 0.3 is 0 Å². The van der Waals surface area contributed by atoms with Crippen molar-refractivity contribution in [1.29, 1.82) is 0 Å². The number of carbonyl (C=O) groups is 2. The molecule has 1 fully saturated rings. The summed E-state index contributed by atoms with van der Waals surface area (Å²) in [7, 11) is 0. The zero-order valence-electron chi connectivity index (χ0n) is 20.7. The summed E-state index contributed by atoms with van der Waals surface area (Å²) in [4.78, 5) is 31.3. The molecule has 2 aromatic rings. The smallest absolute Gasteiger partial charge is 0.257 e. The molecule has 35 heavy (non-hydrogen) atoms. The second kappa shape index (κ2) is 10.7. The van der Waals surface area contributed by atoms with Crippen LogP contribution in [0, 0.1) is 0 Å². The van der Waals surface area contributed by atoms with Gasteiger partial charge in [-0.1, -0.05) is 24.3 Å². The van der Waals surface area contributed by atoms with Gasteiger partial charge in [0, 0.05) is 57.9 Å². The van der Waals surface area contributed by atoms with Crippen molar-refractivity contribution < 1.29 is 14.3 Å². The molecule has 2 amide bonds. The number of amides is 2. The lowest BCUT2D eigenvalue weighted by Gasteiger charge is -2.32. The highest BCUT2D eigenvalue weighted by Crippen LogP contribution is 2.28. The molecular formula is C28H36N4O3. The van der Waals surface area contributed by atoms with Gasteiger partial charge in [-0.05, 0) is 55.0 Å². The SMILES string of the molecule is CC(=O)N1CCC(Nc2ccc3c(c2)C(=O)N(CCCN2CCc4ccccc4C2)CCO3)CC1. The Hall–Kier alpha value is -3.06. The van der Waals surface area contributed by atoms with Crippen LogP contribution in [0.3, 0.4) is 0 Å². The third kappa shape index (κ3) is 5.61. The van der Waals surface area contributed by atoms with Crippen molar-refractivity contribution in [2.24, 2.45) is 0 Å². The van der Waals surface area contributed by atoms with Gasteiger partial charge in [0.25, 0.3) is 5.91 Å². The number of nitrogens with one attached hydrogen (secondary N) is 1. The summed E-state index contributed by atoms with van der Waals surface area (Å²) in [6.07, 6.45) is 3.88. The van der Waals surface area contributed by atoms with Crippen LogP contribution in [0.25, 0.3) is 0 Å². The molecule has 0 radical (unpaired) electrons. The first-order valence-electron chi connectivity index (χ1n) is 12.9. The Balaban J connectivity index is 1.16. The van der Waals surface area contributed by atoms with Gasteiger partial charge in [0.05, 0.1) is 12.1 Å². The number of piperidine rings is 1. The fraction of sp³-hybridized carbons (Fsp3) is 0.500. The Morgan fingerprint density at radius 1 is 1.03 bits per heavy atom. The van der Waals surface area contributed by atoms with Crippen LogP contribution in [0.2, 0.25) is 0 Å². The van der Waals surface area contributed by atoms with E-state index >= 15 is 0 Å². The number of rotatable bonds is 6. The van der Waals surface area contributed by atoms with Gasteiger partial charge in [0.15, 0.2) is 0 Å². The maximum atomic E-state index is 13.4. The van der Waals surface area contributed by atoms with E-state index in [0.717, 1.165) is 70.6 Å². The maximum Gasteiger partial charge on any atom is 0.257 e. The number of ether oxygens (including phenoxy) is 1. The summed E-state index contributed by atoms with van der Waals surface area (Å²) < 4.78 is 5.93. The van der Waals surface area contributed by atoms with Crippen LogP contribution in [0.5, 0.6) is 5.75 Å². The van der Waals surface area contributed by atoms with Gasteiger partial charge < -0.3 is 19.9 Å². The lowest BCUT2D eigenvalue weighted by Crippen LogP contribution is -2.41. The molecule has 186 valence electrons. The highest BCUT2D eigenvalue weighted by atomic mass is 16.5. The molecule has 0 atom stereocenters. The van der Waals surface area contributed by atoms with E-state index in [9.17, 15) is 9.59 Å². The van der Waals surface area contributed by atoms with Crippen LogP contribution in [0.15, 0.2) is 42.5 Å². The van der Waals surface area contributed by atoms with Crippen molar-refractivity contribution in [3.63, 3.8) is 0 Å². The first kappa shape index (κ1) is 23.7. The number of benzene rings is 2. The van der Waals surface area contributed by atoms with E-state index in [-0.39, 0.29) is 11.8 Å². The normalized spacial score (nSPS) is 18.9. The molecule has 1 saturated heterocycles. The molecule has 7 heteroatoms. The molecule has 0 unspecified atom stereocenters. The summed E-state index contributed by atoms with van der Waals surface area (Å²) in [6.45, 7) is 8.12. The molecule has 2 aromatic carbocycles. The van der Waals surface area contributed by atoms with Gasteiger partial charge in [-0.2, -0.15) is 0 Å². The van der Waals surface area contributed by atoms with E-state index in [1.165, 1.54) is 11.1 Å². The molecule has 0 saturated carbocycles. The van der Waals surface area contributed by atoms with Crippen LogP contribution in [0.4, 0.5) is 5.69 Å². The molecule has 3 aliphatic rings. The van der Waals surface area contributed by atoms with Gasteiger partial charge in [-0.3, -0.25) is 14.5 Å². The monoisotopic (exact) mass is 476 g/mol. The first-order chi connectivity index (χ1) is 17.1. The van der Waals surface area contributed by atoms with Crippen molar-refractivity contribution in [2.45, 2.75) is 45.2 Å². The van der Waals surface area contributed by atoms with Crippen LogP contribution in [0.1, 0.15) is 47.7 Å². The molecular weight excluding hydrogens is 440 g/mol. The second-order valence-corrected chi connectivity index (χ2v) is 9.92. The predicted octanol–water partition coefficient (Wildman–Crippen LogP) is 3.39. The third-order valence-corrected chi connectivity index (χ3v) is 7.54. The molecule has 1 N–H and O–H groups in total. The molecule has 0 aromatic heterocycles. The Bertz CT molecular complexity index is 1060. The zero-order chi connectivity index (χ0) is 24.2. The Labute approximate surface area is 208 Å². The topological polar surface area (TPSA) is 65.1 Å². The fourth-order valence-electron chi connectivity index (χ4n) is 5.47. The van der Waals surface area contributed by atoms with Gasteiger partial charge in [-0.25, -0.2) is 0 Å². The minimum absolute atomic E-state index is 0.0524. The third-order valence-electron chi connectivity index (χ3n) is 7.54. The maximum absolute atomic E-state index is 13.4. The average molecular weight is 477 g/mol. The number of fused-ring (bicyclic) bond motifs is 2. The average Bonchev–Trinajstić information content (AvgIpc) is 3.03. The fourth-order valence-corrected chi connectivity index (χ4v) is 5.47. The van der Waals surface area contributed by atoms with Crippen molar-refractivity contribution in [1.82, 2.24) is 14.7 Å². The summed E-state index contributed by atoms with van der Waals surface area (Å²) in [6, 6.07) is 14.9. The largest absolute Gasteiger partial charge is 0.491 e. The van der Waals surface area contributed by atoms with Crippen molar-refractivity contribution in [3.8, 4) is 5.75 Å². The van der Waals surface area contributed by atoms with Crippen molar-refractivity contribution in [2.75, 3.05) is 51.2 Å². The Morgan fingerprint density at radius 2 is 1.83 bits per heavy atom. The highest BCUT2D eigenvalue weighted by Gasteiger charge is 2.26. The molecule has 7 nitrogen and oxygen atoms in total. The van der Waals surface area contributed by atoms with Crippen LogP contribution < -0.4 is 10.1 Å². The number of hydrogen-bond acceptors (Lipinski definition) is 5. The lowest BCUT2D eigenvalue weighted by atomic mass is 10.00. The number of carbonyl (C=O) groups excluding carboxylic acids is 2. The van der Waals surface area contributed by atoms with Crippen LogP contribution >= 0.6 is 0 Å².